The average molecular weight is 403 g/mol. The Bertz CT molecular complexity index is 1090. The fourth-order valence-electron chi connectivity index (χ4n) is 4.37. The van der Waals surface area contributed by atoms with E-state index in [1.165, 1.54) is 5.39 Å². The summed E-state index contributed by atoms with van der Waals surface area (Å²) < 4.78 is 17.8. The third-order valence-electron chi connectivity index (χ3n) is 5.80. The molecular formula is C25H25NO4. The maximum Gasteiger partial charge on any atom is 0.292 e. The zero-order valence-electron chi connectivity index (χ0n) is 17.1. The molecule has 30 heavy (non-hydrogen) atoms. The summed E-state index contributed by atoms with van der Waals surface area (Å²) in [6.07, 6.45) is 1.51. The zero-order chi connectivity index (χ0) is 20.6. The maximum absolute atomic E-state index is 13.3. The topological polar surface area (TPSA) is 48.0 Å². The predicted octanol–water partition coefficient (Wildman–Crippen LogP) is 4.55. The second-order valence-electron chi connectivity index (χ2n) is 7.81. The molecule has 5 heteroatoms. The van der Waals surface area contributed by atoms with Crippen LogP contribution in [-0.2, 0) is 20.1 Å². The molecule has 0 aliphatic carbocycles. The van der Waals surface area contributed by atoms with E-state index in [9.17, 15) is 4.79 Å². The highest BCUT2D eigenvalue weighted by atomic mass is 16.7. The summed E-state index contributed by atoms with van der Waals surface area (Å²) in [5.74, 6) is -0.565. The van der Waals surface area contributed by atoms with Crippen LogP contribution in [0.4, 0.5) is 5.69 Å². The van der Waals surface area contributed by atoms with Crippen LogP contribution in [0.3, 0.4) is 0 Å². The summed E-state index contributed by atoms with van der Waals surface area (Å²) in [7, 11) is 0. The summed E-state index contributed by atoms with van der Waals surface area (Å²) in [5.41, 5.74) is 2.78. The summed E-state index contributed by atoms with van der Waals surface area (Å²) in [4.78, 5) is 15.1. The van der Waals surface area contributed by atoms with E-state index in [1.54, 1.807) is 4.90 Å². The number of carbonyl (C=O) groups is 1. The van der Waals surface area contributed by atoms with Gasteiger partial charge in [-0.25, -0.2) is 0 Å². The largest absolute Gasteiger partial charge is 0.494 e. The molecule has 1 amide bonds. The van der Waals surface area contributed by atoms with Crippen molar-refractivity contribution in [1.29, 1.82) is 0 Å². The number of ether oxygens (including phenoxy) is 3. The average Bonchev–Trinajstić information content (AvgIpc) is 3.01. The molecule has 2 aliphatic rings. The first-order valence-electron chi connectivity index (χ1n) is 10.5. The van der Waals surface area contributed by atoms with Crippen LogP contribution in [0.1, 0.15) is 24.0 Å². The number of rotatable bonds is 5. The summed E-state index contributed by atoms with van der Waals surface area (Å²) >= 11 is 0. The lowest BCUT2D eigenvalue weighted by Crippen LogP contribution is -2.47. The van der Waals surface area contributed by atoms with Crippen LogP contribution in [0.25, 0.3) is 10.8 Å². The summed E-state index contributed by atoms with van der Waals surface area (Å²) in [5, 5.41) is 2.35. The van der Waals surface area contributed by atoms with Crippen molar-refractivity contribution >= 4 is 22.4 Å². The van der Waals surface area contributed by atoms with Gasteiger partial charge in [0.1, 0.15) is 5.75 Å². The SMILES string of the molecule is Cc1cccc2c1N(CCCOc1ccc3ccccc3c1)C(=O)C21OCCCO1. The zero-order valence-corrected chi connectivity index (χ0v) is 17.1. The minimum Gasteiger partial charge on any atom is -0.494 e. The summed E-state index contributed by atoms with van der Waals surface area (Å²) in [6.45, 7) is 4.15. The number of fused-ring (bicyclic) bond motifs is 3. The van der Waals surface area contributed by atoms with Crippen molar-refractivity contribution in [2.75, 3.05) is 31.3 Å². The van der Waals surface area contributed by atoms with Crippen LogP contribution in [0.15, 0.2) is 60.7 Å². The normalized spacial score (nSPS) is 17.5. The minimum absolute atomic E-state index is 0.128. The number of nitrogens with zero attached hydrogens (tertiary/aromatic N) is 1. The first-order valence-corrected chi connectivity index (χ1v) is 10.5. The van der Waals surface area contributed by atoms with Gasteiger partial charge in [-0.2, -0.15) is 0 Å². The third kappa shape index (κ3) is 3.15. The van der Waals surface area contributed by atoms with E-state index in [1.807, 2.05) is 43.3 Å². The molecule has 0 aromatic heterocycles. The Morgan fingerprint density at radius 1 is 1.00 bits per heavy atom. The second-order valence-corrected chi connectivity index (χ2v) is 7.81. The quantitative estimate of drug-likeness (QED) is 0.586. The van der Waals surface area contributed by atoms with Gasteiger partial charge >= 0.3 is 0 Å². The van der Waals surface area contributed by atoms with Crippen molar-refractivity contribution in [3.63, 3.8) is 0 Å². The Hall–Kier alpha value is -2.89. The van der Waals surface area contributed by atoms with Gasteiger partial charge in [-0.1, -0.05) is 48.5 Å². The number of amides is 1. The molecule has 3 aromatic rings. The molecule has 0 N–H and O–H groups in total. The molecule has 2 aliphatic heterocycles. The number of anilines is 1. The molecule has 0 unspecified atom stereocenters. The molecule has 0 saturated carbocycles. The summed E-state index contributed by atoms with van der Waals surface area (Å²) in [6, 6.07) is 20.2. The van der Waals surface area contributed by atoms with Crippen LogP contribution in [-0.4, -0.2) is 32.3 Å². The monoisotopic (exact) mass is 403 g/mol. The van der Waals surface area contributed by atoms with E-state index in [-0.39, 0.29) is 5.91 Å². The van der Waals surface area contributed by atoms with Crippen LogP contribution in [0, 0.1) is 6.92 Å². The Kier molecular flexibility index (Phi) is 4.93. The van der Waals surface area contributed by atoms with Gasteiger partial charge in [0.25, 0.3) is 11.7 Å². The number of hydrogen-bond acceptors (Lipinski definition) is 4. The fraction of sp³-hybridized carbons (Fsp3) is 0.320. The molecule has 2 heterocycles. The molecule has 1 spiro atoms. The van der Waals surface area contributed by atoms with Crippen molar-refractivity contribution in [3.05, 3.63) is 71.8 Å². The lowest BCUT2D eigenvalue weighted by Gasteiger charge is -2.32. The van der Waals surface area contributed by atoms with Gasteiger partial charge in [0, 0.05) is 12.1 Å². The number of hydrogen-bond donors (Lipinski definition) is 0. The number of para-hydroxylation sites is 1. The van der Waals surface area contributed by atoms with Gasteiger partial charge in [-0.15, -0.1) is 0 Å². The predicted molar refractivity (Wildman–Crippen MR) is 116 cm³/mol. The Morgan fingerprint density at radius 2 is 1.80 bits per heavy atom. The molecule has 0 radical (unpaired) electrons. The molecule has 3 aromatic carbocycles. The van der Waals surface area contributed by atoms with Gasteiger partial charge in [0.2, 0.25) is 0 Å². The van der Waals surface area contributed by atoms with E-state index in [0.29, 0.717) is 32.8 Å². The molecule has 154 valence electrons. The number of benzene rings is 3. The maximum atomic E-state index is 13.3. The molecule has 1 saturated heterocycles. The molecule has 5 rings (SSSR count). The smallest absolute Gasteiger partial charge is 0.292 e. The van der Waals surface area contributed by atoms with Crippen LogP contribution < -0.4 is 9.64 Å². The number of aryl methyl sites for hydroxylation is 1. The van der Waals surface area contributed by atoms with Crippen molar-refractivity contribution in [2.45, 2.75) is 25.6 Å². The lowest BCUT2D eigenvalue weighted by atomic mass is 10.0. The van der Waals surface area contributed by atoms with Crippen LogP contribution in [0.5, 0.6) is 5.75 Å². The van der Waals surface area contributed by atoms with Crippen molar-refractivity contribution < 1.29 is 19.0 Å². The first-order chi connectivity index (χ1) is 14.7. The van der Waals surface area contributed by atoms with Crippen molar-refractivity contribution in [3.8, 4) is 5.75 Å². The standard InChI is InChI=1S/C25H25NO4/c1-18-7-4-10-22-23(18)26(24(27)25(22)29-15-6-16-30-25)13-5-14-28-21-12-11-19-8-2-3-9-20(19)17-21/h2-4,7-12,17H,5-6,13-16H2,1H3. The highest BCUT2D eigenvalue weighted by molar-refractivity contribution is 6.06. The molecule has 0 atom stereocenters. The van der Waals surface area contributed by atoms with E-state index < -0.39 is 5.79 Å². The molecular weight excluding hydrogens is 378 g/mol. The number of carbonyl (C=O) groups excluding carboxylic acids is 1. The van der Waals surface area contributed by atoms with Gasteiger partial charge in [0.05, 0.1) is 25.5 Å². The van der Waals surface area contributed by atoms with E-state index in [4.69, 9.17) is 14.2 Å². The molecule has 0 bridgehead atoms. The Labute approximate surface area is 176 Å². The fourth-order valence-corrected chi connectivity index (χ4v) is 4.37. The van der Waals surface area contributed by atoms with E-state index in [0.717, 1.165) is 34.4 Å². The van der Waals surface area contributed by atoms with E-state index >= 15 is 0 Å². The van der Waals surface area contributed by atoms with Crippen molar-refractivity contribution in [2.24, 2.45) is 0 Å². The van der Waals surface area contributed by atoms with Gasteiger partial charge < -0.3 is 19.1 Å². The Morgan fingerprint density at radius 3 is 2.63 bits per heavy atom. The Balaban J connectivity index is 1.29. The van der Waals surface area contributed by atoms with Gasteiger partial charge in [-0.05, 0) is 48.2 Å². The molecule has 5 nitrogen and oxygen atoms in total. The minimum atomic E-state index is -1.28. The van der Waals surface area contributed by atoms with Crippen LogP contribution >= 0.6 is 0 Å². The third-order valence-corrected chi connectivity index (χ3v) is 5.80. The van der Waals surface area contributed by atoms with Gasteiger partial charge in [0.15, 0.2) is 0 Å². The van der Waals surface area contributed by atoms with Gasteiger partial charge in [-0.3, -0.25) is 4.79 Å². The highest BCUT2D eigenvalue weighted by Gasteiger charge is 2.55. The first kappa shape index (κ1) is 19.1. The molecule has 1 fully saturated rings. The van der Waals surface area contributed by atoms with Crippen molar-refractivity contribution in [1.82, 2.24) is 0 Å². The van der Waals surface area contributed by atoms with E-state index in [2.05, 4.69) is 24.3 Å². The second kappa shape index (κ2) is 7.74. The van der Waals surface area contributed by atoms with Crippen LogP contribution in [0.2, 0.25) is 0 Å². The lowest BCUT2D eigenvalue weighted by molar-refractivity contribution is -0.256. The highest BCUT2D eigenvalue weighted by Crippen LogP contribution is 2.46.